The van der Waals surface area contributed by atoms with E-state index in [9.17, 15) is 4.79 Å². The van der Waals surface area contributed by atoms with E-state index in [1.165, 1.54) is 6.33 Å². The number of aromatic nitrogens is 3. The van der Waals surface area contributed by atoms with Gasteiger partial charge in [-0.15, -0.1) is 0 Å². The average Bonchev–Trinajstić information content (AvgIpc) is 3.14. The van der Waals surface area contributed by atoms with Crippen molar-refractivity contribution in [3.8, 4) is 0 Å². The van der Waals surface area contributed by atoms with Crippen molar-refractivity contribution in [3.05, 3.63) is 42.5 Å². The second-order valence-corrected chi connectivity index (χ2v) is 5.86. The van der Waals surface area contributed by atoms with Gasteiger partial charge in [-0.2, -0.15) is 5.10 Å². The van der Waals surface area contributed by atoms with Crippen LogP contribution in [0.2, 0.25) is 0 Å². The van der Waals surface area contributed by atoms with Gasteiger partial charge in [-0.1, -0.05) is 24.6 Å². The topological polar surface area (TPSA) is 85.8 Å². The molecule has 1 saturated carbocycles. The van der Waals surface area contributed by atoms with Crippen LogP contribution in [-0.2, 0) is 11.3 Å². The van der Waals surface area contributed by atoms with E-state index in [1.807, 2.05) is 24.3 Å². The van der Waals surface area contributed by atoms with Crippen molar-refractivity contribution < 1.29 is 4.79 Å². The van der Waals surface area contributed by atoms with E-state index < -0.39 is 0 Å². The van der Waals surface area contributed by atoms with Gasteiger partial charge in [-0.25, -0.2) is 9.67 Å². The average molecular weight is 299 g/mol. The number of carbonyl (C=O) groups excluding carboxylic acids is 1. The Kier molecular flexibility index (Phi) is 4.48. The lowest BCUT2D eigenvalue weighted by atomic mass is 10.00. The lowest BCUT2D eigenvalue weighted by Gasteiger charge is -2.16. The lowest BCUT2D eigenvalue weighted by Crippen LogP contribution is -2.28. The van der Waals surface area contributed by atoms with Gasteiger partial charge in [0.2, 0.25) is 5.91 Å². The third-order valence-electron chi connectivity index (χ3n) is 4.26. The highest BCUT2D eigenvalue weighted by atomic mass is 16.1. The molecule has 6 heteroatoms. The van der Waals surface area contributed by atoms with Gasteiger partial charge in [-0.05, 0) is 30.4 Å². The summed E-state index contributed by atoms with van der Waals surface area (Å²) in [6.07, 6.45) is 6.87. The van der Waals surface area contributed by atoms with Crippen LogP contribution in [0.4, 0.5) is 5.69 Å². The molecule has 22 heavy (non-hydrogen) atoms. The van der Waals surface area contributed by atoms with E-state index in [-0.39, 0.29) is 11.9 Å². The first-order chi connectivity index (χ1) is 10.7. The molecule has 6 nitrogen and oxygen atoms in total. The highest BCUT2D eigenvalue weighted by Gasteiger charge is 2.26. The maximum absolute atomic E-state index is 12.3. The van der Waals surface area contributed by atoms with Gasteiger partial charge in [0, 0.05) is 18.2 Å². The van der Waals surface area contributed by atoms with E-state index in [2.05, 4.69) is 15.4 Å². The van der Waals surface area contributed by atoms with Crippen molar-refractivity contribution in [1.82, 2.24) is 14.8 Å². The summed E-state index contributed by atoms with van der Waals surface area (Å²) < 4.78 is 1.73. The van der Waals surface area contributed by atoms with Crippen molar-refractivity contribution in [2.45, 2.75) is 38.3 Å². The molecule has 0 radical (unpaired) electrons. The summed E-state index contributed by atoms with van der Waals surface area (Å²) >= 11 is 0. The van der Waals surface area contributed by atoms with Crippen molar-refractivity contribution in [3.63, 3.8) is 0 Å². The molecule has 1 aromatic heterocycles. The van der Waals surface area contributed by atoms with Crippen LogP contribution in [0.5, 0.6) is 0 Å². The standard InChI is InChI=1S/C16H21N5O/c17-14-6-3-5-12(14)8-16(22)20-15-7-2-1-4-13(15)9-21-11-18-10-19-21/h1-2,4,7,10-12,14H,3,5-6,8-9,17H2,(H,20,22)/t12-,14+/m0/s1. The minimum absolute atomic E-state index is 0.0355. The van der Waals surface area contributed by atoms with Crippen LogP contribution in [0.15, 0.2) is 36.9 Å². The zero-order valence-corrected chi connectivity index (χ0v) is 12.5. The third-order valence-corrected chi connectivity index (χ3v) is 4.26. The predicted octanol–water partition coefficient (Wildman–Crippen LogP) is 1.78. The number of anilines is 1. The van der Waals surface area contributed by atoms with Gasteiger partial charge < -0.3 is 11.1 Å². The van der Waals surface area contributed by atoms with Crippen LogP contribution in [0, 0.1) is 5.92 Å². The summed E-state index contributed by atoms with van der Waals surface area (Å²) in [6.45, 7) is 0.583. The number of nitrogens with zero attached hydrogens (tertiary/aromatic N) is 3. The molecule has 1 heterocycles. The summed E-state index contributed by atoms with van der Waals surface area (Å²) in [7, 11) is 0. The molecule has 0 spiro atoms. The summed E-state index contributed by atoms with van der Waals surface area (Å²) in [5, 5.41) is 7.12. The molecule has 2 atom stereocenters. The lowest BCUT2D eigenvalue weighted by molar-refractivity contribution is -0.117. The molecule has 1 aliphatic carbocycles. The Hall–Kier alpha value is -2.21. The number of amides is 1. The van der Waals surface area contributed by atoms with E-state index >= 15 is 0 Å². The molecule has 0 saturated heterocycles. The first-order valence-corrected chi connectivity index (χ1v) is 7.68. The smallest absolute Gasteiger partial charge is 0.224 e. The molecular formula is C16H21N5O. The Bertz CT molecular complexity index is 625. The Labute approximate surface area is 129 Å². The number of nitrogens with one attached hydrogen (secondary N) is 1. The highest BCUT2D eigenvalue weighted by molar-refractivity contribution is 5.91. The molecule has 1 aromatic carbocycles. The van der Waals surface area contributed by atoms with Crippen molar-refractivity contribution in [2.75, 3.05) is 5.32 Å². The molecule has 0 bridgehead atoms. The van der Waals surface area contributed by atoms with E-state index in [0.717, 1.165) is 30.5 Å². The number of nitrogens with two attached hydrogens (primary N) is 1. The van der Waals surface area contributed by atoms with Crippen molar-refractivity contribution >= 4 is 11.6 Å². The van der Waals surface area contributed by atoms with E-state index in [4.69, 9.17) is 5.73 Å². The number of hydrogen-bond acceptors (Lipinski definition) is 4. The van der Waals surface area contributed by atoms with Crippen molar-refractivity contribution in [2.24, 2.45) is 11.7 Å². The zero-order chi connectivity index (χ0) is 15.4. The van der Waals surface area contributed by atoms with E-state index in [1.54, 1.807) is 11.0 Å². The highest BCUT2D eigenvalue weighted by Crippen LogP contribution is 2.27. The molecule has 116 valence electrons. The molecule has 0 unspecified atom stereocenters. The van der Waals surface area contributed by atoms with Gasteiger partial charge in [0.15, 0.2) is 0 Å². The Morgan fingerprint density at radius 3 is 2.95 bits per heavy atom. The summed E-state index contributed by atoms with van der Waals surface area (Å²) in [4.78, 5) is 16.2. The molecule has 2 aromatic rings. The molecule has 1 amide bonds. The molecular weight excluding hydrogens is 278 g/mol. The second-order valence-electron chi connectivity index (χ2n) is 5.86. The first kappa shape index (κ1) is 14.7. The summed E-state index contributed by atoms with van der Waals surface area (Å²) in [6, 6.07) is 7.93. The molecule has 3 rings (SSSR count). The molecule has 1 aliphatic rings. The van der Waals surface area contributed by atoms with Crippen molar-refractivity contribution in [1.29, 1.82) is 0 Å². The number of rotatable bonds is 5. The molecule has 0 aliphatic heterocycles. The van der Waals surface area contributed by atoms with Crippen LogP contribution >= 0.6 is 0 Å². The number of carbonyl (C=O) groups is 1. The van der Waals surface area contributed by atoms with Crippen LogP contribution < -0.4 is 11.1 Å². The van der Waals surface area contributed by atoms with Gasteiger partial charge >= 0.3 is 0 Å². The fourth-order valence-electron chi connectivity index (χ4n) is 3.03. The second kappa shape index (κ2) is 6.70. The minimum Gasteiger partial charge on any atom is -0.327 e. The number of benzene rings is 1. The Balaban J connectivity index is 1.65. The number of hydrogen-bond donors (Lipinski definition) is 2. The molecule has 3 N–H and O–H groups in total. The normalized spacial score (nSPS) is 21.0. The summed E-state index contributed by atoms with van der Waals surface area (Å²) in [5.74, 6) is 0.343. The Morgan fingerprint density at radius 1 is 1.36 bits per heavy atom. The molecule has 1 fully saturated rings. The third kappa shape index (κ3) is 3.51. The fraction of sp³-hybridized carbons (Fsp3) is 0.438. The van der Waals surface area contributed by atoms with Crippen LogP contribution in [0.25, 0.3) is 0 Å². The van der Waals surface area contributed by atoms with Gasteiger partial charge in [0.1, 0.15) is 12.7 Å². The van der Waals surface area contributed by atoms with Crippen LogP contribution in [-0.4, -0.2) is 26.7 Å². The summed E-state index contributed by atoms with van der Waals surface area (Å²) in [5.41, 5.74) is 7.88. The minimum atomic E-state index is 0.0355. The van der Waals surface area contributed by atoms with E-state index in [0.29, 0.717) is 18.9 Å². The van der Waals surface area contributed by atoms with Gasteiger partial charge in [0.05, 0.1) is 6.54 Å². The maximum Gasteiger partial charge on any atom is 0.224 e. The SMILES string of the molecule is N[C@@H]1CCC[C@H]1CC(=O)Nc1ccccc1Cn1cncn1. The Morgan fingerprint density at radius 2 is 2.23 bits per heavy atom. The van der Waals surface area contributed by atoms with Crippen LogP contribution in [0.3, 0.4) is 0 Å². The first-order valence-electron chi connectivity index (χ1n) is 7.68. The monoisotopic (exact) mass is 299 g/mol. The quantitative estimate of drug-likeness (QED) is 0.881. The van der Waals surface area contributed by atoms with Gasteiger partial charge in [-0.3, -0.25) is 4.79 Å². The number of para-hydroxylation sites is 1. The zero-order valence-electron chi connectivity index (χ0n) is 12.5. The van der Waals surface area contributed by atoms with Crippen LogP contribution in [0.1, 0.15) is 31.2 Å². The maximum atomic E-state index is 12.3. The fourth-order valence-corrected chi connectivity index (χ4v) is 3.03. The largest absolute Gasteiger partial charge is 0.327 e. The van der Waals surface area contributed by atoms with Gasteiger partial charge in [0.25, 0.3) is 0 Å². The predicted molar refractivity (Wildman–Crippen MR) is 84.1 cm³/mol.